The van der Waals surface area contributed by atoms with E-state index in [9.17, 15) is 25.5 Å². The number of methoxy groups -OCH3 is 1. The summed E-state index contributed by atoms with van der Waals surface area (Å²) < 4.78 is 30.0. The second-order valence-corrected chi connectivity index (χ2v) is 26.6. The van der Waals surface area contributed by atoms with Crippen molar-refractivity contribution in [1.29, 1.82) is 0 Å². The molecule has 3 fully saturated rings. The number of hydrogen-bond acceptors (Lipinski definition) is 11. The lowest BCUT2D eigenvalue weighted by molar-refractivity contribution is -0.193. The van der Waals surface area contributed by atoms with Crippen molar-refractivity contribution in [3.05, 3.63) is 175 Å². The maximum absolute atomic E-state index is 12.4. The van der Waals surface area contributed by atoms with Crippen molar-refractivity contribution >= 4 is 22.7 Å². The van der Waals surface area contributed by atoms with Crippen molar-refractivity contribution in [1.82, 2.24) is 15.2 Å². The van der Waals surface area contributed by atoms with E-state index in [0.29, 0.717) is 42.4 Å². The molecule has 1 spiro atoms. The molecule has 0 amide bonds. The van der Waals surface area contributed by atoms with Gasteiger partial charge in [0.2, 0.25) is 0 Å². The average Bonchev–Trinajstić information content (AvgIpc) is 0.770. The molecule has 10 aliphatic rings. The zero-order valence-electron chi connectivity index (χ0n) is 49.5. The summed E-state index contributed by atoms with van der Waals surface area (Å²) in [5.74, 6) is 9.85. The number of ether oxygens (including phenoxy) is 4. The topological polar surface area (TPSA) is 167 Å². The number of fused-ring (bicyclic) bond motifs is 4. The SMILES string of the molecule is COC1CCC2=C3C#CC(CCc4ccc(O)c(Cc5cccc(O)c5)c4)CCCC4CC(O)C5C=Cc6c(c(CO)cc(O)c6OCc6cc(C78c9c%10cccc9CCC7C7(CCCCC7)OCC8CC%10)cc7cn(cc67)C(=C3CO4)NC2N1)C5. The molecule has 6 aliphatic heterocycles. The molecule has 9 atom stereocenters. The number of nitrogens with one attached hydrogen (secondary N) is 2. The molecule has 7 N–H and O–H groups in total. The molecule has 9 unspecified atom stereocenters. The second kappa shape index (κ2) is 22.7. The summed E-state index contributed by atoms with van der Waals surface area (Å²) in [6.45, 7) is 0.947. The van der Waals surface area contributed by atoms with E-state index in [0.717, 1.165) is 151 Å². The van der Waals surface area contributed by atoms with Gasteiger partial charge in [-0.3, -0.25) is 5.32 Å². The first-order valence-corrected chi connectivity index (χ1v) is 32.2. The highest BCUT2D eigenvalue weighted by Crippen LogP contribution is 2.64. The van der Waals surface area contributed by atoms with Crippen LogP contribution < -0.4 is 15.4 Å². The summed E-state index contributed by atoms with van der Waals surface area (Å²) in [6.07, 6.45) is 24.1. The summed E-state index contributed by atoms with van der Waals surface area (Å²) >= 11 is 0. The molecule has 1 saturated carbocycles. The van der Waals surface area contributed by atoms with Crippen molar-refractivity contribution in [2.75, 3.05) is 20.3 Å². The van der Waals surface area contributed by atoms with Gasteiger partial charge in [-0.05, 0) is 187 Å². The number of hydrogen-bond donors (Lipinski definition) is 7. The van der Waals surface area contributed by atoms with Gasteiger partial charge in [0.25, 0.3) is 0 Å². The summed E-state index contributed by atoms with van der Waals surface area (Å²) in [7, 11) is 1.77. The molecular weight excluding hydrogens is 1070 g/mol. The van der Waals surface area contributed by atoms with Crippen LogP contribution in [-0.4, -0.2) is 80.6 Å². The maximum atomic E-state index is 12.4. The Morgan fingerprint density at radius 3 is 2.52 bits per heavy atom. The largest absolute Gasteiger partial charge is 0.508 e. The number of aliphatic hydroxyl groups excluding tert-OH is 2. The van der Waals surface area contributed by atoms with Crippen LogP contribution in [-0.2, 0) is 64.9 Å². The molecule has 2 saturated heterocycles. The molecule has 12 nitrogen and oxygen atoms in total. The number of phenolic OH excluding ortho intramolecular Hbond substituents is 3. The zero-order chi connectivity index (χ0) is 58.3. The highest BCUT2D eigenvalue weighted by Gasteiger charge is 2.63. The molecule has 0 radical (unpaired) electrons. The molecule has 12 heteroatoms. The summed E-state index contributed by atoms with van der Waals surface area (Å²) in [6, 6.07) is 26.9. The third kappa shape index (κ3) is 9.76. The molecule has 4 aliphatic carbocycles. The van der Waals surface area contributed by atoms with Crippen molar-refractivity contribution in [3.8, 4) is 34.8 Å². The second-order valence-electron chi connectivity index (χ2n) is 26.6. The van der Waals surface area contributed by atoms with Crippen LogP contribution in [0.15, 0.2) is 114 Å². The lowest BCUT2D eigenvalue weighted by Gasteiger charge is -2.63. The van der Waals surface area contributed by atoms with Crippen LogP contribution >= 0.6 is 0 Å². The molecule has 7 heterocycles. The Morgan fingerprint density at radius 2 is 1.67 bits per heavy atom. The van der Waals surface area contributed by atoms with Gasteiger partial charge in [-0.25, -0.2) is 0 Å². The van der Waals surface area contributed by atoms with Crippen molar-refractivity contribution in [2.24, 2.45) is 23.7 Å². The van der Waals surface area contributed by atoms with Gasteiger partial charge in [-0.1, -0.05) is 91.8 Å². The standard InChI is InChI=1S/C74H81N3O9/c1-83-68-27-24-60-58-22-16-44(14-15-45-17-25-64(80)50(30-45)31-46-9-5-12-56(79)32-46)8-6-13-57-37-65(81)49-19-23-59-61(35-49)52(40-78)36-66(82)70(59)85-41-53-34-55(33-51-38-77(39-62(51)53)72(63(58)43-84-57)76-71(60)75-68)74-54-21-18-47-10-7-11-48(69(47)74)20-26-67(74)73(86-42-54)28-3-2-4-29-73/h5,7,9-12,17,19,23,25,30,32-34,36,38-39,44,49,54,57,65,67-68,71,75-76,78-82H,2-4,6,8,13-15,18,20-21,24,26-29,31,35,37,40-43H2,1H3. The first-order valence-electron chi connectivity index (χ1n) is 32.2. The smallest absolute Gasteiger partial charge is 0.168 e. The number of piperidine rings is 1. The maximum Gasteiger partial charge on any atom is 0.168 e. The van der Waals surface area contributed by atoms with Gasteiger partial charge < -0.3 is 54.4 Å². The van der Waals surface area contributed by atoms with Crippen molar-refractivity contribution in [2.45, 2.75) is 171 Å². The van der Waals surface area contributed by atoms with E-state index in [1.807, 2.05) is 24.3 Å². The fraction of sp³-hybridized carbons (Fsp3) is 0.459. The minimum Gasteiger partial charge on any atom is -0.508 e. The molecule has 446 valence electrons. The number of aromatic hydroxyl groups is 3. The van der Waals surface area contributed by atoms with Gasteiger partial charge in [0.15, 0.2) is 11.5 Å². The molecule has 1 aromatic heterocycles. The molecule has 16 rings (SSSR count). The van der Waals surface area contributed by atoms with E-state index in [1.165, 1.54) is 41.5 Å². The van der Waals surface area contributed by atoms with Gasteiger partial charge in [0.1, 0.15) is 36.3 Å². The summed E-state index contributed by atoms with van der Waals surface area (Å²) in [4.78, 5) is 0. The zero-order valence-corrected chi connectivity index (χ0v) is 49.5. The Bertz CT molecular complexity index is 3780. The third-order valence-electron chi connectivity index (χ3n) is 21.8. The van der Waals surface area contributed by atoms with Crippen LogP contribution in [0.3, 0.4) is 0 Å². The van der Waals surface area contributed by atoms with Crippen LogP contribution in [0.25, 0.3) is 22.7 Å². The summed E-state index contributed by atoms with van der Waals surface area (Å²) in [5, 5.41) is 66.5. The first-order chi connectivity index (χ1) is 42.0. The first kappa shape index (κ1) is 55.7. The highest BCUT2D eigenvalue weighted by molar-refractivity contribution is 5.89. The van der Waals surface area contributed by atoms with Crippen molar-refractivity contribution in [3.63, 3.8) is 0 Å². The molecule has 8 bridgehead atoms. The predicted molar refractivity (Wildman–Crippen MR) is 332 cm³/mol. The van der Waals surface area contributed by atoms with E-state index in [2.05, 4.69) is 81.9 Å². The Hall–Kier alpha value is -6.82. The minimum absolute atomic E-state index is 0.0136. The third-order valence-corrected chi connectivity index (χ3v) is 21.8. The molecule has 86 heavy (non-hydrogen) atoms. The Balaban J connectivity index is 0.899. The van der Waals surface area contributed by atoms with E-state index in [1.54, 1.807) is 36.9 Å². The molecule has 5 aromatic carbocycles. The average molecular weight is 1160 g/mol. The molecular formula is C74H81N3O9. The Morgan fingerprint density at radius 1 is 0.814 bits per heavy atom. The monoisotopic (exact) mass is 1160 g/mol. The molecule has 6 aromatic rings. The number of dihydropyridines is 1. The van der Waals surface area contributed by atoms with E-state index >= 15 is 0 Å². The number of nitrogens with zero attached hydrogens (tertiary/aromatic N) is 1. The Kier molecular flexibility index (Phi) is 14.7. The predicted octanol–water partition coefficient (Wildman–Crippen LogP) is 12.1. The normalized spacial score (nSPS) is 28.2. The van der Waals surface area contributed by atoms with Crippen LogP contribution in [0.5, 0.6) is 23.0 Å². The lowest BCUT2D eigenvalue weighted by atomic mass is 9.45. The number of aryl methyl sites for hydroxylation is 3. The lowest BCUT2D eigenvalue weighted by Crippen LogP contribution is -2.64. The van der Waals surface area contributed by atoms with Crippen LogP contribution in [0.4, 0.5) is 0 Å². The number of aliphatic hydroxyl groups is 2. The van der Waals surface area contributed by atoms with Gasteiger partial charge in [0, 0.05) is 83.0 Å². The fourth-order valence-electron chi connectivity index (χ4n) is 17.6. The van der Waals surface area contributed by atoms with E-state index < -0.39 is 6.10 Å². The Labute approximate surface area is 504 Å². The minimum atomic E-state index is -0.757. The van der Waals surface area contributed by atoms with E-state index in [4.69, 9.17) is 18.9 Å². The summed E-state index contributed by atoms with van der Waals surface area (Å²) in [5.41, 5.74) is 14.7. The van der Waals surface area contributed by atoms with Gasteiger partial charge in [0.05, 0.1) is 37.6 Å². The highest BCUT2D eigenvalue weighted by atomic mass is 16.5. The number of aromatic nitrogens is 1. The van der Waals surface area contributed by atoms with Crippen LogP contribution in [0.1, 0.15) is 151 Å². The van der Waals surface area contributed by atoms with E-state index in [-0.39, 0.29) is 78.4 Å². The van der Waals surface area contributed by atoms with Gasteiger partial charge in [-0.15, -0.1) is 0 Å². The van der Waals surface area contributed by atoms with Gasteiger partial charge in [-0.2, -0.15) is 0 Å². The number of rotatable bonds is 8. The van der Waals surface area contributed by atoms with Crippen LogP contribution in [0.2, 0.25) is 0 Å². The number of phenols is 3. The fourth-order valence-corrected chi connectivity index (χ4v) is 17.6. The quantitative estimate of drug-likeness (QED) is 0.0725. The van der Waals surface area contributed by atoms with Gasteiger partial charge >= 0.3 is 0 Å². The number of benzene rings is 5. The van der Waals surface area contributed by atoms with Crippen LogP contribution in [0, 0.1) is 35.5 Å². The van der Waals surface area contributed by atoms with Crippen molar-refractivity contribution < 1.29 is 44.5 Å².